The van der Waals surface area contributed by atoms with Crippen molar-refractivity contribution in [1.82, 2.24) is 0 Å². The van der Waals surface area contributed by atoms with Gasteiger partial charge in [-0.2, -0.15) is 0 Å². The van der Waals surface area contributed by atoms with E-state index in [1.165, 1.54) is 0 Å². The Bertz CT molecular complexity index is 712. The lowest BCUT2D eigenvalue weighted by atomic mass is 9.96. The molecule has 4 heteroatoms. The Labute approximate surface area is 128 Å². The summed E-state index contributed by atoms with van der Waals surface area (Å²) >= 11 is 6.25. The minimum Gasteiger partial charge on any atom is -0.388 e. The fourth-order valence-corrected chi connectivity index (χ4v) is 2.97. The van der Waals surface area contributed by atoms with E-state index in [9.17, 15) is 9.90 Å². The first-order valence-electron chi connectivity index (χ1n) is 6.89. The normalized spacial score (nSPS) is 14.7. The van der Waals surface area contributed by atoms with Crippen molar-refractivity contribution in [3.05, 3.63) is 63.7 Å². The zero-order chi connectivity index (χ0) is 15.0. The van der Waals surface area contributed by atoms with Crippen LogP contribution >= 0.6 is 11.6 Å². The van der Waals surface area contributed by atoms with E-state index < -0.39 is 6.10 Å². The number of amides is 1. The van der Waals surface area contributed by atoms with Gasteiger partial charge in [-0.25, -0.2) is 0 Å². The van der Waals surface area contributed by atoms with Crippen molar-refractivity contribution < 1.29 is 9.90 Å². The van der Waals surface area contributed by atoms with Crippen LogP contribution < -0.4 is 5.32 Å². The van der Waals surface area contributed by atoms with Crippen molar-refractivity contribution in [2.45, 2.75) is 25.9 Å². The molecule has 0 fully saturated rings. The third-order valence-corrected chi connectivity index (χ3v) is 4.21. The first-order valence-corrected chi connectivity index (χ1v) is 7.27. The van der Waals surface area contributed by atoms with Crippen LogP contribution in [0.5, 0.6) is 0 Å². The zero-order valence-electron chi connectivity index (χ0n) is 11.7. The standard InChI is InChI=1S/C17H16ClNO2/c1-10-4-2-3-5-11(10)7-16(20)13-6-12-8-17(21)19-15(12)9-14(13)18/h2-6,9,16,20H,7-8H2,1H3,(H,19,21). The number of benzene rings is 2. The number of hydrogen-bond donors (Lipinski definition) is 2. The van der Waals surface area contributed by atoms with Gasteiger partial charge in [0.05, 0.1) is 12.5 Å². The lowest BCUT2D eigenvalue weighted by Crippen LogP contribution is -2.04. The second-order valence-corrected chi connectivity index (χ2v) is 5.81. The molecular weight excluding hydrogens is 286 g/mol. The highest BCUT2D eigenvalue weighted by Gasteiger charge is 2.22. The zero-order valence-corrected chi connectivity index (χ0v) is 12.4. The minimum absolute atomic E-state index is 0.0355. The van der Waals surface area contributed by atoms with Crippen molar-refractivity contribution in [3.63, 3.8) is 0 Å². The van der Waals surface area contributed by atoms with E-state index in [2.05, 4.69) is 5.32 Å². The number of carbonyl (C=O) groups excluding carboxylic acids is 1. The van der Waals surface area contributed by atoms with Crippen LogP contribution in [-0.4, -0.2) is 11.0 Å². The Morgan fingerprint density at radius 2 is 2.10 bits per heavy atom. The number of rotatable bonds is 3. The molecule has 0 aromatic heterocycles. The maximum atomic E-state index is 11.4. The van der Waals surface area contributed by atoms with Crippen LogP contribution in [-0.2, 0) is 17.6 Å². The molecule has 2 aromatic rings. The highest BCUT2D eigenvalue weighted by atomic mass is 35.5. The first-order chi connectivity index (χ1) is 10.0. The van der Waals surface area contributed by atoms with Crippen molar-refractivity contribution >= 4 is 23.2 Å². The number of halogens is 1. The molecule has 1 aliphatic rings. The van der Waals surface area contributed by atoms with Gasteiger partial charge in [-0.1, -0.05) is 35.9 Å². The van der Waals surface area contributed by atoms with E-state index in [1.54, 1.807) is 6.07 Å². The van der Waals surface area contributed by atoms with Crippen LogP contribution in [0.1, 0.15) is 28.4 Å². The second kappa shape index (κ2) is 5.51. The van der Waals surface area contributed by atoms with Crippen LogP contribution in [0.3, 0.4) is 0 Å². The molecule has 1 unspecified atom stereocenters. The van der Waals surface area contributed by atoms with E-state index in [4.69, 9.17) is 11.6 Å². The summed E-state index contributed by atoms with van der Waals surface area (Å²) in [5.74, 6) is -0.0355. The predicted molar refractivity (Wildman–Crippen MR) is 83.6 cm³/mol. The highest BCUT2D eigenvalue weighted by molar-refractivity contribution is 6.32. The molecule has 2 N–H and O–H groups in total. The largest absolute Gasteiger partial charge is 0.388 e. The molecule has 1 aliphatic heterocycles. The molecule has 0 aliphatic carbocycles. The van der Waals surface area contributed by atoms with Gasteiger partial charge < -0.3 is 10.4 Å². The van der Waals surface area contributed by atoms with E-state index >= 15 is 0 Å². The summed E-state index contributed by atoms with van der Waals surface area (Å²) in [7, 11) is 0. The average molecular weight is 302 g/mol. The van der Waals surface area contributed by atoms with Gasteiger partial charge in [-0.15, -0.1) is 0 Å². The maximum absolute atomic E-state index is 11.4. The number of carbonyl (C=O) groups is 1. The maximum Gasteiger partial charge on any atom is 0.228 e. The minimum atomic E-state index is -0.681. The van der Waals surface area contributed by atoms with Crippen molar-refractivity contribution in [3.8, 4) is 0 Å². The van der Waals surface area contributed by atoms with Crippen molar-refractivity contribution in [2.24, 2.45) is 0 Å². The molecule has 0 radical (unpaired) electrons. The van der Waals surface area contributed by atoms with Crippen molar-refractivity contribution in [2.75, 3.05) is 5.32 Å². The molecular formula is C17H16ClNO2. The summed E-state index contributed by atoms with van der Waals surface area (Å²) in [6.45, 7) is 2.02. The number of aliphatic hydroxyl groups is 1. The van der Waals surface area contributed by atoms with Crippen LogP contribution in [0, 0.1) is 6.92 Å². The number of fused-ring (bicyclic) bond motifs is 1. The third kappa shape index (κ3) is 2.80. The summed E-state index contributed by atoms with van der Waals surface area (Å²) in [5, 5.41) is 13.7. The Morgan fingerprint density at radius 1 is 1.33 bits per heavy atom. The molecule has 0 saturated heterocycles. The summed E-state index contributed by atoms with van der Waals surface area (Å²) in [6, 6.07) is 11.5. The van der Waals surface area contributed by atoms with Gasteiger partial charge in [0.25, 0.3) is 0 Å². The molecule has 3 rings (SSSR count). The summed E-state index contributed by atoms with van der Waals surface area (Å²) in [5.41, 5.74) is 4.55. The molecule has 21 heavy (non-hydrogen) atoms. The van der Waals surface area contributed by atoms with Crippen LogP contribution in [0.2, 0.25) is 5.02 Å². The van der Waals surface area contributed by atoms with Crippen molar-refractivity contribution in [1.29, 1.82) is 0 Å². The summed E-state index contributed by atoms with van der Waals surface area (Å²) in [6.07, 6.45) is 0.169. The van der Waals surface area contributed by atoms with Gasteiger partial charge in [0.1, 0.15) is 0 Å². The fraction of sp³-hybridized carbons (Fsp3) is 0.235. The monoisotopic (exact) mass is 301 g/mol. The molecule has 1 atom stereocenters. The van der Waals surface area contributed by atoms with Gasteiger partial charge in [0.2, 0.25) is 5.91 Å². The van der Waals surface area contributed by atoms with E-state index in [0.29, 0.717) is 23.4 Å². The molecule has 0 saturated carbocycles. The van der Waals surface area contributed by atoms with E-state index in [-0.39, 0.29) is 5.91 Å². The first kappa shape index (κ1) is 14.1. The summed E-state index contributed by atoms with van der Waals surface area (Å²) in [4.78, 5) is 11.4. The van der Waals surface area contributed by atoms with Gasteiger partial charge in [-0.05, 0) is 41.3 Å². The van der Waals surface area contributed by atoms with E-state index in [1.807, 2.05) is 37.3 Å². The number of nitrogens with one attached hydrogen (secondary N) is 1. The molecule has 0 spiro atoms. The fourth-order valence-electron chi connectivity index (χ4n) is 2.68. The smallest absolute Gasteiger partial charge is 0.228 e. The molecule has 0 bridgehead atoms. The topological polar surface area (TPSA) is 49.3 Å². The van der Waals surface area contributed by atoms with Gasteiger partial charge in [0.15, 0.2) is 0 Å². The van der Waals surface area contributed by atoms with Crippen LogP contribution in [0.4, 0.5) is 5.69 Å². The second-order valence-electron chi connectivity index (χ2n) is 5.40. The Balaban J connectivity index is 1.89. The molecule has 3 nitrogen and oxygen atoms in total. The quantitative estimate of drug-likeness (QED) is 0.912. The lowest BCUT2D eigenvalue weighted by molar-refractivity contribution is -0.115. The third-order valence-electron chi connectivity index (χ3n) is 3.88. The number of hydrogen-bond acceptors (Lipinski definition) is 2. The van der Waals surface area contributed by atoms with Gasteiger partial charge in [-0.3, -0.25) is 4.79 Å². The highest BCUT2D eigenvalue weighted by Crippen LogP contribution is 2.34. The van der Waals surface area contributed by atoms with E-state index in [0.717, 1.165) is 22.4 Å². The molecule has 1 amide bonds. The Hall–Kier alpha value is -1.84. The average Bonchev–Trinajstić information content (AvgIpc) is 2.79. The Morgan fingerprint density at radius 3 is 2.86 bits per heavy atom. The molecule has 108 valence electrons. The molecule has 1 heterocycles. The van der Waals surface area contributed by atoms with Gasteiger partial charge >= 0.3 is 0 Å². The van der Waals surface area contributed by atoms with Crippen LogP contribution in [0.25, 0.3) is 0 Å². The van der Waals surface area contributed by atoms with Gasteiger partial charge in [0, 0.05) is 17.1 Å². The summed E-state index contributed by atoms with van der Waals surface area (Å²) < 4.78 is 0. The van der Waals surface area contributed by atoms with Crippen LogP contribution in [0.15, 0.2) is 36.4 Å². The predicted octanol–water partition coefficient (Wildman–Crippen LogP) is 3.42. The lowest BCUT2D eigenvalue weighted by Gasteiger charge is -2.15. The number of aliphatic hydroxyl groups excluding tert-OH is 1. The Kier molecular flexibility index (Phi) is 3.70. The molecule has 2 aromatic carbocycles. The SMILES string of the molecule is Cc1ccccc1CC(O)c1cc2c(cc1Cl)NC(=O)C2. The number of aryl methyl sites for hydroxylation is 1. The number of anilines is 1.